The summed E-state index contributed by atoms with van der Waals surface area (Å²) >= 11 is 0. The number of hydrogen-bond donors (Lipinski definition) is 1. The number of carbonyl (C=O) groups excluding carboxylic acids is 1. The van der Waals surface area contributed by atoms with Crippen molar-refractivity contribution in [1.82, 2.24) is 14.4 Å². The Labute approximate surface area is 292 Å². The van der Waals surface area contributed by atoms with Crippen molar-refractivity contribution in [2.24, 2.45) is 17.3 Å². The molecule has 47 heavy (non-hydrogen) atoms. The molecule has 3 aromatic carbocycles. The van der Waals surface area contributed by atoms with Crippen molar-refractivity contribution >= 4 is 54.9 Å². The summed E-state index contributed by atoms with van der Waals surface area (Å²) in [6.07, 6.45) is 5.84. The summed E-state index contributed by atoms with van der Waals surface area (Å²) in [5.74, 6) is 0.547. The van der Waals surface area contributed by atoms with Crippen LogP contribution in [0.25, 0.3) is 49.1 Å². The molecule has 3 aromatic heterocycles. The number of benzene rings is 3. The van der Waals surface area contributed by atoms with E-state index >= 15 is 0 Å². The minimum Gasteiger partial charge on any atom is -0.512 e. The molecule has 0 saturated carbocycles. The van der Waals surface area contributed by atoms with Gasteiger partial charge in [0.2, 0.25) is 0 Å². The first-order valence-corrected chi connectivity index (χ1v) is 16.9. The van der Waals surface area contributed by atoms with Crippen LogP contribution in [-0.4, -0.2) is 25.3 Å². The van der Waals surface area contributed by atoms with Crippen molar-refractivity contribution in [1.29, 1.82) is 0 Å². The van der Waals surface area contributed by atoms with Gasteiger partial charge in [-0.2, -0.15) is 0 Å². The van der Waals surface area contributed by atoms with Crippen LogP contribution in [0.2, 0.25) is 0 Å². The number of rotatable bonds is 8. The summed E-state index contributed by atoms with van der Waals surface area (Å²) in [7, 11) is 0. The third kappa shape index (κ3) is 7.60. The van der Waals surface area contributed by atoms with Crippen molar-refractivity contribution in [3.8, 4) is 0 Å². The first kappa shape index (κ1) is 36.2. The molecule has 1 N–H and O–H groups in total. The van der Waals surface area contributed by atoms with E-state index < -0.39 is 0 Å². The molecule has 1 radical (unpaired) electrons. The Balaban J connectivity index is 0.000000269. The quantitative estimate of drug-likeness (QED) is 0.0547. The molecule has 0 saturated heterocycles. The van der Waals surface area contributed by atoms with Crippen LogP contribution >= 0.6 is 0 Å². The molecule has 0 aliphatic rings. The Morgan fingerprint density at radius 1 is 0.894 bits per heavy atom. The maximum atomic E-state index is 11.7. The van der Waals surface area contributed by atoms with Crippen molar-refractivity contribution in [3.05, 3.63) is 90.0 Å². The van der Waals surface area contributed by atoms with Gasteiger partial charge in [-0.15, -0.1) is 17.5 Å². The van der Waals surface area contributed by atoms with Gasteiger partial charge in [-0.1, -0.05) is 102 Å². The van der Waals surface area contributed by atoms with Crippen molar-refractivity contribution in [3.63, 3.8) is 0 Å². The smallest absolute Gasteiger partial charge is 0.162 e. The molecule has 0 bridgehead atoms. The van der Waals surface area contributed by atoms with Crippen molar-refractivity contribution < 1.29 is 30.0 Å². The fraction of sp³-hybridized carbons (Fsp3) is 0.390. The second-order valence-electron chi connectivity index (χ2n) is 13.7. The third-order valence-electron chi connectivity index (χ3n) is 9.20. The number of imidazole rings is 1. The normalized spacial score (nSPS) is 12.3. The zero-order valence-corrected chi connectivity index (χ0v) is 31.5. The summed E-state index contributed by atoms with van der Waals surface area (Å²) in [6.45, 7) is 17.1. The van der Waals surface area contributed by atoms with Crippen LogP contribution in [0.5, 0.6) is 0 Å². The number of pyridine rings is 2. The fourth-order valence-corrected chi connectivity index (χ4v) is 6.46. The van der Waals surface area contributed by atoms with E-state index in [0.717, 1.165) is 81.5 Å². The molecule has 3 heterocycles. The summed E-state index contributed by atoms with van der Waals surface area (Å²) in [5, 5.41) is 15.3. The minimum atomic E-state index is 0. The van der Waals surface area contributed by atoms with Crippen LogP contribution in [-0.2, 0) is 31.3 Å². The van der Waals surface area contributed by atoms with Crippen LogP contribution in [0.3, 0.4) is 0 Å². The Bertz CT molecular complexity index is 2060. The van der Waals surface area contributed by atoms with Gasteiger partial charge >= 0.3 is 0 Å². The Hall–Kier alpha value is -3.60. The number of aliphatic hydroxyl groups is 1. The summed E-state index contributed by atoms with van der Waals surface area (Å²) in [5.41, 5.74) is 6.60. The van der Waals surface area contributed by atoms with E-state index in [2.05, 4.69) is 92.8 Å². The zero-order valence-electron chi connectivity index (χ0n) is 29.1. The predicted octanol–water partition coefficient (Wildman–Crippen LogP) is 10.9. The van der Waals surface area contributed by atoms with Crippen molar-refractivity contribution in [2.75, 3.05) is 0 Å². The van der Waals surface area contributed by atoms with E-state index in [9.17, 15) is 9.90 Å². The number of hydrogen-bond acceptors (Lipinski definition) is 4. The molecule has 249 valence electrons. The Morgan fingerprint density at radius 2 is 1.51 bits per heavy atom. The van der Waals surface area contributed by atoms with E-state index in [4.69, 9.17) is 9.97 Å². The largest absolute Gasteiger partial charge is 0.512 e. The molecule has 0 amide bonds. The van der Waals surface area contributed by atoms with E-state index in [1.165, 1.54) is 17.2 Å². The van der Waals surface area contributed by atoms with Crippen LogP contribution in [0.1, 0.15) is 85.5 Å². The topological polar surface area (TPSA) is 67.5 Å². The van der Waals surface area contributed by atoms with E-state index in [-0.39, 0.29) is 48.9 Å². The van der Waals surface area contributed by atoms with Gasteiger partial charge in [-0.05, 0) is 67.5 Å². The molecular weight excluding hydrogens is 759 g/mol. The van der Waals surface area contributed by atoms with E-state index in [0.29, 0.717) is 0 Å². The SMILES string of the molecule is CCC(CC)C(=O)/C=C(\O)C(CC)CC.Cc1c(CC(C)(C)C)nc2c3cc4ccccc4nc3c3[c-]c4ccccc4cc3n12.[Ir]. The number of carbonyl (C=O) groups is 1. The molecule has 6 heteroatoms. The number of aryl methyl sites for hydroxylation is 1. The number of ketones is 1. The average molecular weight is 807 g/mol. The van der Waals surface area contributed by atoms with Crippen LogP contribution in [0.4, 0.5) is 0 Å². The second-order valence-corrected chi connectivity index (χ2v) is 13.7. The summed E-state index contributed by atoms with van der Waals surface area (Å²) in [6, 6.07) is 24.9. The van der Waals surface area contributed by atoms with Gasteiger partial charge in [0.25, 0.3) is 0 Å². The Morgan fingerprint density at radius 3 is 2.15 bits per heavy atom. The zero-order chi connectivity index (χ0) is 33.2. The molecule has 0 fully saturated rings. The fourth-order valence-electron chi connectivity index (χ4n) is 6.46. The molecule has 6 rings (SSSR count). The first-order valence-electron chi connectivity index (χ1n) is 16.9. The summed E-state index contributed by atoms with van der Waals surface area (Å²) < 4.78 is 2.32. The maximum absolute atomic E-state index is 11.7. The van der Waals surface area contributed by atoms with Gasteiger partial charge in [-0.25, -0.2) is 4.98 Å². The van der Waals surface area contributed by atoms with Gasteiger partial charge in [0, 0.05) is 54.6 Å². The van der Waals surface area contributed by atoms with Gasteiger partial charge in [0.15, 0.2) is 5.78 Å². The Kier molecular flexibility index (Phi) is 11.6. The number of allylic oxidation sites excluding steroid dienone is 2. The van der Waals surface area contributed by atoms with Gasteiger partial charge in [0.05, 0.1) is 17.0 Å². The van der Waals surface area contributed by atoms with E-state index in [1.54, 1.807) is 0 Å². The van der Waals surface area contributed by atoms with Crippen LogP contribution in [0, 0.1) is 30.2 Å². The van der Waals surface area contributed by atoms with Gasteiger partial charge in [0.1, 0.15) is 5.65 Å². The molecule has 0 unspecified atom stereocenters. The van der Waals surface area contributed by atoms with Crippen LogP contribution < -0.4 is 0 Å². The number of fused-ring (bicyclic) bond motifs is 8. The van der Waals surface area contributed by atoms with Gasteiger partial charge < -0.3 is 9.51 Å². The number of para-hydroxylation sites is 1. The third-order valence-corrected chi connectivity index (χ3v) is 9.20. The maximum Gasteiger partial charge on any atom is 0.162 e. The molecule has 5 nitrogen and oxygen atoms in total. The molecule has 0 aliphatic heterocycles. The molecule has 6 aromatic rings. The number of nitrogens with zero attached hydrogens (tertiary/aromatic N) is 3. The number of aromatic nitrogens is 3. The molecule has 0 spiro atoms. The molecule has 0 atom stereocenters. The van der Waals surface area contributed by atoms with Gasteiger partial charge in [-0.3, -0.25) is 9.78 Å². The number of aliphatic hydroxyl groups excluding tert-OH is 1. The molecule has 0 aliphatic carbocycles. The molecular formula is C41H48IrN3O2-. The van der Waals surface area contributed by atoms with E-state index in [1.807, 2.05) is 33.8 Å². The predicted molar refractivity (Wildman–Crippen MR) is 194 cm³/mol. The standard InChI is InChI=1S/C28H24N3.C13H24O2.Ir/c1-17-24(16-28(2,3)4)30-27-22-14-20-11-7-8-12-23(20)29-26(22)21-13-18-9-5-6-10-19(18)15-25(21)31(17)27;1-5-10(6-2)12(14)9-13(15)11(7-3)8-4;/h5-12,14-15H,16H2,1-4H3;9-11,14H,5-8H2,1-4H3;/q-1;;/b;12-9-;. The monoisotopic (exact) mass is 807 g/mol. The average Bonchev–Trinajstić information content (AvgIpc) is 3.35. The second kappa shape index (κ2) is 15.1. The van der Waals surface area contributed by atoms with Crippen molar-refractivity contribution in [2.45, 2.75) is 87.5 Å². The summed E-state index contributed by atoms with van der Waals surface area (Å²) in [4.78, 5) is 22.0. The first-order chi connectivity index (χ1) is 22.0. The minimum absolute atomic E-state index is 0. The van der Waals surface area contributed by atoms with Crippen LogP contribution in [0.15, 0.2) is 72.5 Å².